The Hall–Kier alpha value is -3.63. The molecule has 2 heterocycles. The molecule has 2 N–H and O–H groups in total. The number of unbranched alkanes of at least 4 members (excludes halogenated alkanes) is 1. The average Bonchev–Trinajstić information content (AvgIpc) is 3.41. The first kappa shape index (κ1) is 25.5. The van der Waals surface area contributed by atoms with E-state index in [-0.39, 0.29) is 17.8 Å². The number of amides is 1. The molecule has 36 heavy (non-hydrogen) atoms. The predicted molar refractivity (Wildman–Crippen MR) is 147 cm³/mol. The number of hydrogen-bond acceptors (Lipinski definition) is 5. The lowest BCUT2D eigenvalue weighted by molar-refractivity contribution is -0.135. The number of anilines is 1. The van der Waals surface area contributed by atoms with Gasteiger partial charge in [0, 0.05) is 30.7 Å². The SMILES string of the molecule is CCCCN(CCC1C(=O)N(C)C(=N)N[C@@]1(C)c1cc(-c2cccc(C#N)c2)cs1)c1ccccc1. The highest BCUT2D eigenvalue weighted by Crippen LogP contribution is 2.41. The van der Waals surface area contributed by atoms with Crippen LogP contribution in [-0.4, -0.2) is 36.9 Å². The summed E-state index contributed by atoms with van der Waals surface area (Å²) in [6.07, 6.45) is 2.86. The smallest absolute Gasteiger partial charge is 0.234 e. The monoisotopic (exact) mass is 499 g/mol. The Morgan fingerprint density at radius 1 is 1.14 bits per heavy atom. The van der Waals surface area contributed by atoms with Gasteiger partial charge in [0.25, 0.3) is 0 Å². The molecule has 6 nitrogen and oxygen atoms in total. The molecule has 4 rings (SSSR count). The zero-order valence-corrected chi connectivity index (χ0v) is 21.9. The summed E-state index contributed by atoms with van der Waals surface area (Å²) in [7, 11) is 1.67. The lowest BCUT2D eigenvalue weighted by Gasteiger charge is -2.45. The number of guanidine groups is 1. The van der Waals surface area contributed by atoms with Crippen LogP contribution in [0.3, 0.4) is 0 Å². The number of para-hydroxylation sites is 1. The van der Waals surface area contributed by atoms with Crippen LogP contribution < -0.4 is 10.2 Å². The summed E-state index contributed by atoms with van der Waals surface area (Å²) in [5, 5.41) is 23.2. The van der Waals surface area contributed by atoms with Crippen molar-refractivity contribution < 1.29 is 4.79 Å². The van der Waals surface area contributed by atoms with E-state index in [2.05, 4.69) is 58.9 Å². The fourth-order valence-electron chi connectivity index (χ4n) is 4.82. The summed E-state index contributed by atoms with van der Waals surface area (Å²) in [6, 6.07) is 22.2. The molecule has 1 saturated heterocycles. The van der Waals surface area contributed by atoms with E-state index in [0.29, 0.717) is 12.0 Å². The summed E-state index contributed by atoms with van der Waals surface area (Å²) in [4.78, 5) is 18.3. The van der Waals surface area contributed by atoms with E-state index in [9.17, 15) is 10.1 Å². The molecule has 1 amide bonds. The van der Waals surface area contributed by atoms with Crippen molar-refractivity contribution in [1.29, 1.82) is 10.7 Å². The summed E-state index contributed by atoms with van der Waals surface area (Å²) >= 11 is 1.59. The zero-order chi connectivity index (χ0) is 25.7. The number of thiophene rings is 1. The van der Waals surface area contributed by atoms with Crippen molar-refractivity contribution in [2.45, 2.75) is 38.6 Å². The topological polar surface area (TPSA) is 83.2 Å². The largest absolute Gasteiger partial charge is 0.372 e. The van der Waals surface area contributed by atoms with Crippen LogP contribution in [0.2, 0.25) is 0 Å². The Kier molecular flexibility index (Phi) is 7.76. The molecule has 2 aromatic carbocycles. The highest BCUT2D eigenvalue weighted by atomic mass is 32.1. The number of hydrogen-bond donors (Lipinski definition) is 2. The van der Waals surface area contributed by atoms with Crippen LogP contribution >= 0.6 is 11.3 Å². The third-order valence-corrected chi connectivity index (χ3v) is 8.23. The molecule has 1 aromatic heterocycles. The van der Waals surface area contributed by atoms with Gasteiger partial charge in [0.1, 0.15) is 0 Å². The van der Waals surface area contributed by atoms with Crippen LogP contribution in [0, 0.1) is 22.7 Å². The van der Waals surface area contributed by atoms with Crippen molar-refractivity contribution >= 4 is 28.9 Å². The minimum atomic E-state index is -0.705. The van der Waals surface area contributed by atoms with Crippen LogP contribution in [-0.2, 0) is 10.3 Å². The third kappa shape index (κ3) is 5.14. The van der Waals surface area contributed by atoms with Crippen molar-refractivity contribution in [3.63, 3.8) is 0 Å². The first-order valence-corrected chi connectivity index (χ1v) is 13.3. The van der Waals surface area contributed by atoms with Gasteiger partial charge in [-0.2, -0.15) is 5.26 Å². The van der Waals surface area contributed by atoms with Gasteiger partial charge in [-0.3, -0.25) is 15.1 Å². The Morgan fingerprint density at radius 3 is 2.64 bits per heavy atom. The van der Waals surface area contributed by atoms with Gasteiger partial charge in [-0.05, 0) is 66.6 Å². The first-order chi connectivity index (χ1) is 17.4. The highest BCUT2D eigenvalue weighted by Gasteiger charge is 2.48. The molecule has 1 aliphatic heterocycles. The van der Waals surface area contributed by atoms with Crippen molar-refractivity contribution in [2.24, 2.45) is 5.92 Å². The highest BCUT2D eigenvalue weighted by molar-refractivity contribution is 7.10. The molecule has 3 aromatic rings. The summed E-state index contributed by atoms with van der Waals surface area (Å²) < 4.78 is 0. The molecule has 1 unspecified atom stereocenters. The summed E-state index contributed by atoms with van der Waals surface area (Å²) in [6.45, 7) is 5.92. The fraction of sp³-hybridized carbons (Fsp3) is 0.345. The van der Waals surface area contributed by atoms with Gasteiger partial charge >= 0.3 is 0 Å². The van der Waals surface area contributed by atoms with Gasteiger partial charge in [-0.25, -0.2) is 0 Å². The quantitative estimate of drug-likeness (QED) is 0.389. The molecule has 0 spiro atoms. The van der Waals surface area contributed by atoms with Crippen molar-refractivity contribution in [1.82, 2.24) is 10.2 Å². The Balaban J connectivity index is 1.64. The second-order valence-corrected chi connectivity index (χ2v) is 10.4. The number of nitriles is 1. The third-order valence-electron chi connectivity index (χ3n) is 7.07. The number of rotatable bonds is 9. The van der Waals surface area contributed by atoms with Crippen LogP contribution in [0.4, 0.5) is 5.69 Å². The van der Waals surface area contributed by atoms with Crippen molar-refractivity contribution in [2.75, 3.05) is 25.0 Å². The van der Waals surface area contributed by atoms with E-state index in [4.69, 9.17) is 5.41 Å². The van der Waals surface area contributed by atoms with Gasteiger partial charge in [0.2, 0.25) is 5.91 Å². The molecule has 0 bridgehead atoms. The molecule has 0 aliphatic carbocycles. The molecule has 186 valence electrons. The molecule has 7 heteroatoms. The Bertz CT molecular complexity index is 1260. The normalized spacial score (nSPS) is 19.6. The van der Waals surface area contributed by atoms with Crippen molar-refractivity contribution in [3.05, 3.63) is 76.5 Å². The van der Waals surface area contributed by atoms with Gasteiger partial charge in [0.05, 0.1) is 23.1 Å². The maximum atomic E-state index is 13.5. The molecule has 0 saturated carbocycles. The maximum absolute atomic E-state index is 13.5. The van der Waals surface area contributed by atoms with Gasteiger partial charge in [0.15, 0.2) is 5.96 Å². The van der Waals surface area contributed by atoms with Crippen LogP contribution in [0.1, 0.15) is 43.6 Å². The molecular weight excluding hydrogens is 466 g/mol. The standard InChI is InChI=1S/C29H33N5OS/c1-4-5-15-34(24-12-7-6-8-13-24)16-14-25-27(35)33(3)28(31)32-29(25,2)26-18-23(20-36-26)22-11-9-10-21(17-22)19-30/h6-13,17-18,20,25H,4-5,14-16H2,1-3H3,(H2,31,32)/t25?,29-/m1/s1. The lowest BCUT2D eigenvalue weighted by atomic mass is 9.79. The molecule has 2 atom stereocenters. The van der Waals surface area contributed by atoms with E-state index >= 15 is 0 Å². The van der Waals surface area contributed by atoms with Crippen LogP contribution in [0.25, 0.3) is 11.1 Å². The van der Waals surface area contributed by atoms with E-state index in [1.54, 1.807) is 24.5 Å². The van der Waals surface area contributed by atoms with Crippen molar-refractivity contribution in [3.8, 4) is 17.2 Å². The van der Waals surface area contributed by atoms with E-state index < -0.39 is 5.54 Å². The number of carbonyl (C=O) groups is 1. The second-order valence-electron chi connectivity index (χ2n) is 9.48. The molecular formula is C29H33N5OS. The minimum Gasteiger partial charge on any atom is -0.372 e. The maximum Gasteiger partial charge on any atom is 0.234 e. The molecule has 0 radical (unpaired) electrons. The average molecular weight is 500 g/mol. The number of carbonyl (C=O) groups excluding carboxylic acids is 1. The number of nitrogens with zero attached hydrogens (tertiary/aromatic N) is 3. The van der Waals surface area contributed by atoms with Crippen LogP contribution in [0.5, 0.6) is 0 Å². The Morgan fingerprint density at radius 2 is 1.92 bits per heavy atom. The number of benzene rings is 2. The summed E-state index contributed by atoms with van der Waals surface area (Å²) in [5.41, 5.74) is 3.07. The first-order valence-electron chi connectivity index (χ1n) is 12.4. The van der Waals surface area contributed by atoms with Gasteiger partial charge < -0.3 is 10.2 Å². The number of nitrogens with one attached hydrogen (secondary N) is 2. The fourth-order valence-corrected chi connectivity index (χ4v) is 5.92. The van der Waals surface area contributed by atoms with Crippen LogP contribution in [0.15, 0.2) is 66.0 Å². The second kappa shape index (κ2) is 11.0. The summed E-state index contributed by atoms with van der Waals surface area (Å²) in [5.74, 6) is -0.251. The van der Waals surface area contributed by atoms with Gasteiger partial charge in [-0.15, -0.1) is 11.3 Å². The predicted octanol–water partition coefficient (Wildman–Crippen LogP) is 5.81. The minimum absolute atomic E-state index is 0.0359. The zero-order valence-electron chi connectivity index (χ0n) is 21.1. The lowest BCUT2D eigenvalue weighted by Crippen LogP contribution is -2.63. The Labute approximate surface area is 217 Å². The molecule has 1 fully saturated rings. The molecule has 1 aliphatic rings. The van der Waals surface area contributed by atoms with E-state index in [1.807, 2.05) is 31.2 Å². The van der Waals surface area contributed by atoms with E-state index in [0.717, 1.165) is 41.9 Å². The van der Waals surface area contributed by atoms with E-state index in [1.165, 1.54) is 10.6 Å². The van der Waals surface area contributed by atoms with Gasteiger partial charge in [-0.1, -0.05) is 43.7 Å².